The number of carbonyl (C=O) groups excluding carboxylic acids is 1. The van der Waals surface area contributed by atoms with Crippen LogP contribution >= 0.6 is 27.5 Å². The standard InChI is InChI=1S/C12H14BrClN2O/c13-10-4-3-9(14)6-11(10)16-12(17)8-2-1-5-15-7-8/h3-4,6,8,15H,1-2,5,7H2,(H,16,17)/t8-/m1/s1. The van der Waals surface area contributed by atoms with Crippen molar-refractivity contribution >= 4 is 39.1 Å². The van der Waals surface area contributed by atoms with Gasteiger partial charge in [0.15, 0.2) is 0 Å². The highest BCUT2D eigenvalue weighted by Crippen LogP contribution is 2.26. The summed E-state index contributed by atoms with van der Waals surface area (Å²) in [6.07, 6.45) is 1.99. The number of halogens is 2. The molecule has 0 unspecified atom stereocenters. The molecule has 1 fully saturated rings. The van der Waals surface area contributed by atoms with Crippen LogP contribution in [0.25, 0.3) is 0 Å². The van der Waals surface area contributed by atoms with Crippen LogP contribution in [0.3, 0.4) is 0 Å². The van der Waals surface area contributed by atoms with Crippen LogP contribution in [-0.4, -0.2) is 19.0 Å². The van der Waals surface area contributed by atoms with E-state index in [1.165, 1.54) is 0 Å². The molecule has 0 saturated carbocycles. The molecular weight excluding hydrogens is 304 g/mol. The maximum Gasteiger partial charge on any atom is 0.228 e. The van der Waals surface area contributed by atoms with Gasteiger partial charge < -0.3 is 10.6 Å². The second-order valence-corrected chi connectivity index (χ2v) is 5.45. The van der Waals surface area contributed by atoms with Crippen LogP contribution in [0.4, 0.5) is 5.69 Å². The number of rotatable bonds is 2. The molecular formula is C12H14BrClN2O. The van der Waals surface area contributed by atoms with Gasteiger partial charge >= 0.3 is 0 Å². The Morgan fingerprint density at radius 2 is 2.35 bits per heavy atom. The molecule has 2 N–H and O–H groups in total. The van der Waals surface area contributed by atoms with Gasteiger partial charge in [0.05, 0.1) is 11.6 Å². The summed E-state index contributed by atoms with van der Waals surface area (Å²) in [4.78, 5) is 12.0. The first kappa shape index (κ1) is 12.9. The lowest BCUT2D eigenvalue weighted by Crippen LogP contribution is -2.37. The molecule has 5 heteroatoms. The molecule has 0 bridgehead atoms. The van der Waals surface area contributed by atoms with Gasteiger partial charge in [0.25, 0.3) is 0 Å². The molecule has 1 atom stereocenters. The van der Waals surface area contributed by atoms with Gasteiger partial charge in [-0.15, -0.1) is 0 Å². The van der Waals surface area contributed by atoms with Crippen LogP contribution in [0.2, 0.25) is 5.02 Å². The van der Waals surface area contributed by atoms with E-state index in [0.29, 0.717) is 5.02 Å². The molecule has 3 nitrogen and oxygen atoms in total. The number of carbonyl (C=O) groups is 1. The maximum absolute atomic E-state index is 12.0. The van der Waals surface area contributed by atoms with E-state index in [-0.39, 0.29) is 11.8 Å². The maximum atomic E-state index is 12.0. The minimum Gasteiger partial charge on any atom is -0.325 e. The molecule has 1 aliphatic heterocycles. The Hall–Kier alpha value is -0.580. The van der Waals surface area contributed by atoms with E-state index in [9.17, 15) is 4.79 Å². The van der Waals surface area contributed by atoms with Crippen molar-refractivity contribution in [1.29, 1.82) is 0 Å². The average Bonchev–Trinajstić information content (AvgIpc) is 2.35. The smallest absolute Gasteiger partial charge is 0.228 e. The molecule has 1 aromatic rings. The zero-order chi connectivity index (χ0) is 12.3. The monoisotopic (exact) mass is 316 g/mol. The molecule has 1 aliphatic rings. The summed E-state index contributed by atoms with van der Waals surface area (Å²) in [5.74, 6) is 0.106. The van der Waals surface area contributed by atoms with Crippen molar-refractivity contribution in [1.82, 2.24) is 5.32 Å². The molecule has 1 aromatic carbocycles. The minimum atomic E-state index is 0.0506. The lowest BCUT2D eigenvalue weighted by atomic mass is 9.99. The highest BCUT2D eigenvalue weighted by Gasteiger charge is 2.21. The summed E-state index contributed by atoms with van der Waals surface area (Å²) in [7, 11) is 0. The number of hydrogen-bond acceptors (Lipinski definition) is 2. The molecule has 2 rings (SSSR count). The fraction of sp³-hybridized carbons (Fsp3) is 0.417. The molecule has 1 heterocycles. The summed E-state index contributed by atoms with van der Waals surface area (Å²) in [5.41, 5.74) is 0.730. The highest BCUT2D eigenvalue weighted by atomic mass is 79.9. The predicted molar refractivity (Wildman–Crippen MR) is 73.4 cm³/mol. The van der Waals surface area contributed by atoms with E-state index >= 15 is 0 Å². The van der Waals surface area contributed by atoms with Gasteiger partial charge in [-0.3, -0.25) is 4.79 Å². The Morgan fingerprint density at radius 3 is 3.06 bits per heavy atom. The van der Waals surface area contributed by atoms with E-state index in [2.05, 4.69) is 26.6 Å². The van der Waals surface area contributed by atoms with Crippen molar-refractivity contribution < 1.29 is 4.79 Å². The molecule has 1 saturated heterocycles. The van der Waals surface area contributed by atoms with Crippen molar-refractivity contribution in [3.63, 3.8) is 0 Å². The van der Waals surface area contributed by atoms with Gasteiger partial charge in [-0.05, 0) is 53.5 Å². The normalized spacial score (nSPS) is 20.0. The molecule has 17 heavy (non-hydrogen) atoms. The van der Waals surface area contributed by atoms with Gasteiger partial charge in [-0.1, -0.05) is 11.6 Å². The Labute approximate surface area is 114 Å². The van der Waals surface area contributed by atoms with Gasteiger partial charge in [-0.25, -0.2) is 0 Å². The highest BCUT2D eigenvalue weighted by molar-refractivity contribution is 9.10. The van der Waals surface area contributed by atoms with Crippen molar-refractivity contribution in [2.24, 2.45) is 5.92 Å². The van der Waals surface area contributed by atoms with Gasteiger partial charge in [0.1, 0.15) is 0 Å². The summed E-state index contributed by atoms with van der Waals surface area (Å²) in [6, 6.07) is 5.36. The second-order valence-electron chi connectivity index (χ2n) is 4.16. The van der Waals surface area contributed by atoms with Crippen LogP contribution in [0, 0.1) is 5.92 Å². The topological polar surface area (TPSA) is 41.1 Å². The second kappa shape index (κ2) is 5.85. The Balaban J connectivity index is 2.04. The fourth-order valence-corrected chi connectivity index (χ4v) is 2.42. The van der Waals surface area contributed by atoms with Gasteiger partial charge in [0.2, 0.25) is 5.91 Å². The summed E-state index contributed by atoms with van der Waals surface area (Å²) in [6.45, 7) is 1.76. The first-order chi connectivity index (χ1) is 8.16. The molecule has 0 aliphatic carbocycles. The Bertz CT molecular complexity index is 419. The lowest BCUT2D eigenvalue weighted by molar-refractivity contribution is -0.120. The van der Waals surface area contributed by atoms with Gasteiger partial charge in [0, 0.05) is 16.0 Å². The van der Waals surface area contributed by atoms with E-state index in [1.807, 2.05) is 6.07 Å². The fourth-order valence-electron chi connectivity index (χ4n) is 1.90. The lowest BCUT2D eigenvalue weighted by Gasteiger charge is -2.22. The number of benzene rings is 1. The predicted octanol–water partition coefficient (Wildman–Crippen LogP) is 3.04. The summed E-state index contributed by atoms with van der Waals surface area (Å²) in [5, 5.41) is 6.76. The average molecular weight is 318 g/mol. The third-order valence-electron chi connectivity index (χ3n) is 2.85. The van der Waals surface area contributed by atoms with E-state index < -0.39 is 0 Å². The number of anilines is 1. The van der Waals surface area contributed by atoms with Crippen molar-refractivity contribution in [3.8, 4) is 0 Å². The summed E-state index contributed by atoms with van der Waals surface area (Å²) >= 11 is 9.30. The van der Waals surface area contributed by atoms with E-state index in [1.54, 1.807) is 12.1 Å². The third-order valence-corrected chi connectivity index (χ3v) is 3.78. The molecule has 0 spiro atoms. The Morgan fingerprint density at radius 1 is 1.53 bits per heavy atom. The first-order valence-corrected chi connectivity index (χ1v) is 6.80. The number of piperidine rings is 1. The van der Waals surface area contributed by atoms with E-state index in [4.69, 9.17) is 11.6 Å². The molecule has 0 aromatic heterocycles. The van der Waals surface area contributed by atoms with E-state index in [0.717, 1.165) is 36.1 Å². The van der Waals surface area contributed by atoms with Crippen molar-refractivity contribution in [3.05, 3.63) is 27.7 Å². The zero-order valence-electron chi connectivity index (χ0n) is 9.30. The van der Waals surface area contributed by atoms with Crippen LogP contribution in [0.1, 0.15) is 12.8 Å². The van der Waals surface area contributed by atoms with Crippen LogP contribution in [0.15, 0.2) is 22.7 Å². The zero-order valence-corrected chi connectivity index (χ0v) is 11.6. The number of nitrogens with one attached hydrogen (secondary N) is 2. The van der Waals surface area contributed by atoms with Crippen molar-refractivity contribution in [2.75, 3.05) is 18.4 Å². The van der Waals surface area contributed by atoms with Crippen molar-refractivity contribution in [2.45, 2.75) is 12.8 Å². The molecule has 1 amide bonds. The third kappa shape index (κ3) is 3.44. The quantitative estimate of drug-likeness (QED) is 0.880. The summed E-state index contributed by atoms with van der Waals surface area (Å²) < 4.78 is 0.846. The van der Waals surface area contributed by atoms with Gasteiger partial charge in [-0.2, -0.15) is 0 Å². The van der Waals surface area contributed by atoms with Crippen LogP contribution in [0.5, 0.6) is 0 Å². The number of hydrogen-bond donors (Lipinski definition) is 2. The SMILES string of the molecule is O=C(Nc1cc(Cl)ccc1Br)[C@@H]1CCCNC1. The molecule has 92 valence electrons. The Kier molecular flexibility index (Phi) is 4.42. The van der Waals surface area contributed by atoms with Crippen LogP contribution < -0.4 is 10.6 Å². The minimum absolute atomic E-state index is 0.0506. The van der Waals surface area contributed by atoms with Crippen LogP contribution in [-0.2, 0) is 4.79 Å². The molecule has 0 radical (unpaired) electrons. The number of amides is 1. The first-order valence-electron chi connectivity index (χ1n) is 5.63. The largest absolute Gasteiger partial charge is 0.325 e.